The Bertz CT molecular complexity index is 1090. The zero-order chi connectivity index (χ0) is 22.4. The Morgan fingerprint density at radius 1 is 1.33 bits per heavy atom. The topological polar surface area (TPSA) is 226 Å². The molecule has 2 aromatic rings. The van der Waals surface area contributed by atoms with Gasteiger partial charge in [-0.1, -0.05) is 6.92 Å². The molecule has 3 heterocycles. The van der Waals surface area contributed by atoms with E-state index in [1.165, 1.54) is 6.92 Å². The molecule has 3 rings (SSSR count). The molecule has 1 unspecified atom stereocenters. The number of aliphatic hydroxyl groups excluding tert-OH is 2. The van der Waals surface area contributed by atoms with Crippen LogP contribution in [0.3, 0.4) is 0 Å². The molecule has 5 atom stereocenters. The van der Waals surface area contributed by atoms with Gasteiger partial charge in [0.25, 0.3) is 5.56 Å². The van der Waals surface area contributed by atoms with Crippen LogP contribution in [-0.2, 0) is 13.8 Å². The van der Waals surface area contributed by atoms with Gasteiger partial charge in [0, 0.05) is 6.42 Å². The number of hydrogen-bond donors (Lipinski definition) is 7. The van der Waals surface area contributed by atoms with E-state index in [1.54, 1.807) is 0 Å². The van der Waals surface area contributed by atoms with Crippen molar-refractivity contribution in [3.63, 3.8) is 0 Å². The first-order chi connectivity index (χ1) is 13.9. The number of phosphoric ester groups is 1. The highest BCUT2D eigenvalue weighted by atomic mass is 31.2. The van der Waals surface area contributed by atoms with Gasteiger partial charge in [0.1, 0.15) is 24.5 Å². The highest BCUT2D eigenvalue weighted by molar-refractivity contribution is 7.46. The number of nitrogen functional groups attached to an aromatic ring is 1. The third-order valence-corrected chi connectivity index (χ3v) is 5.59. The Morgan fingerprint density at radius 2 is 2.00 bits per heavy atom. The molecule has 1 aliphatic heterocycles. The van der Waals surface area contributed by atoms with Gasteiger partial charge in [-0.3, -0.25) is 19.3 Å². The molecule has 2 aromatic heterocycles. The minimum atomic E-state index is -5.09. The molecular weight excluding hydrogens is 432 g/mol. The van der Waals surface area contributed by atoms with Crippen LogP contribution >= 0.6 is 7.82 Å². The molecule has 0 saturated carbocycles. The van der Waals surface area contributed by atoms with E-state index in [1.807, 2.05) is 0 Å². The van der Waals surface area contributed by atoms with Gasteiger partial charge in [-0.2, -0.15) is 4.98 Å². The summed E-state index contributed by atoms with van der Waals surface area (Å²) in [5.41, 5.74) is 1.32. The monoisotopic (exact) mass is 453 g/mol. The minimum absolute atomic E-state index is 0.192. The Balaban J connectivity index is 1.97. The van der Waals surface area contributed by atoms with Crippen molar-refractivity contribution < 1.29 is 38.2 Å². The number of aromatic nitrogens is 4. The normalized spacial score (nSPS) is 26.9. The van der Waals surface area contributed by atoms with Gasteiger partial charge in [0.05, 0.1) is 6.10 Å². The predicted octanol–water partition coefficient (Wildman–Crippen LogP) is -1.77. The lowest BCUT2D eigenvalue weighted by atomic mass is 9.92. The Hall–Kier alpha value is -2.13. The number of aromatic amines is 2. The summed E-state index contributed by atoms with van der Waals surface area (Å²) in [6.45, 7) is 0.0933. The van der Waals surface area contributed by atoms with E-state index >= 15 is 0 Å². The molecule has 0 radical (unpaired) electrons. The first kappa shape index (κ1) is 22.6. The zero-order valence-corrected chi connectivity index (χ0v) is 16.5. The van der Waals surface area contributed by atoms with Gasteiger partial charge in [-0.05, 0) is 6.42 Å². The molecule has 168 valence electrons. The van der Waals surface area contributed by atoms with Crippen LogP contribution < -0.4 is 17.0 Å². The van der Waals surface area contributed by atoms with Crippen molar-refractivity contribution in [3.8, 4) is 0 Å². The van der Waals surface area contributed by atoms with E-state index in [0.29, 0.717) is 0 Å². The van der Waals surface area contributed by atoms with Crippen molar-refractivity contribution in [1.29, 1.82) is 0 Å². The number of anilines is 1. The zero-order valence-electron chi connectivity index (χ0n) is 15.6. The van der Waals surface area contributed by atoms with E-state index in [2.05, 4.69) is 19.5 Å². The van der Waals surface area contributed by atoms with E-state index in [9.17, 15) is 28.8 Å². The maximum Gasteiger partial charge on any atom is 0.470 e. The van der Waals surface area contributed by atoms with Crippen molar-refractivity contribution in [3.05, 3.63) is 20.8 Å². The first-order valence-electron chi connectivity index (χ1n) is 8.75. The van der Waals surface area contributed by atoms with Gasteiger partial charge < -0.3 is 30.5 Å². The van der Waals surface area contributed by atoms with Crippen LogP contribution in [-0.4, -0.2) is 70.1 Å². The number of halogens is 1. The summed E-state index contributed by atoms with van der Waals surface area (Å²) in [6, 6.07) is 0. The number of nitrogens with two attached hydrogens (primary N) is 1. The molecule has 0 bridgehead atoms. The fourth-order valence-corrected chi connectivity index (χ4v) is 4.17. The fraction of sp³-hybridized carbons (Fsp3) is 0.643. The van der Waals surface area contributed by atoms with E-state index in [4.69, 9.17) is 20.3 Å². The number of alkyl halides is 1. The SMILES string of the molecule is CCC(CF)(C[C@H]1O[C@@H](n2c(=O)[nH]c3c(=O)[nH]c(N)nc32)[C@H](O)[C@@H]1O)OP(=O)(O)O. The number of nitrogens with zero attached hydrogens (tertiary/aromatic N) is 2. The number of aliphatic hydroxyl groups is 2. The standard InChI is InChI=1S/C14H21FN5O9P/c1-2-14(4-15,29-30(25,26)27)3-5-7(21)8(22)11(28-5)20-9-6(17-13(20)24)10(23)19-12(16)18-9/h5,7-8,11,21-22H,2-4H2,1H3,(H,17,24)(H2,25,26,27)(H3,16,18,19,23)/t5-,7-,8-,11-,14?/m1/s1. The number of fused-ring (bicyclic) bond motifs is 1. The van der Waals surface area contributed by atoms with Gasteiger partial charge in [0.15, 0.2) is 17.4 Å². The highest BCUT2D eigenvalue weighted by Crippen LogP contribution is 2.46. The van der Waals surface area contributed by atoms with Crippen LogP contribution in [0, 0.1) is 0 Å². The molecule has 0 aromatic carbocycles. The maximum atomic E-state index is 13.7. The molecule has 16 heteroatoms. The van der Waals surface area contributed by atoms with Crippen LogP contribution in [0.5, 0.6) is 0 Å². The van der Waals surface area contributed by atoms with Crippen molar-refractivity contribution in [2.24, 2.45) is 0 Å². The third-order valence-electron chi connectivity index (χ3n) is 4.96. The van der Waals surface area contributed by atoms with Crippen LogP contribution in [0.1, 0.15) is 26.0 Å². The van der Waals surface area contributed by atoms with Crippen molar-refractivity contribution >= 4 is 24.9 Å². The van der Waals surface area contributed by atoms with E-state index in [-0.39, 0.29) is 23.5 Å². The van der Waals surface area contributed by atoms with Crippen LogP contribution in [0.25, 0.3) is 11.2 Å². The van der Waals surface area contributed by atoms with Gasteiger partial charge in [-0.25, -0.2) is 18.3 Å². The molecule has 0 amide bonds. The summed E-state index contributed by atoms with van der Waals surface area (Å²) < 4.78 is 35.8. The number of imidazole rings is 1. The smallest absolute Gasteiger partial charge is 0.388 e. The second-order valence-corrected chi connectivity index (χ2v) is 8.12. The maximum absolute atomic E-state index is 13.7. The Kier molecular flexibility index (Phi) is 5.90. The first-order valence-corrected chi connectivity index (χ1v) is 10.3. The summed E-state index contributed by atoms with van der Waals surface area (Å²) in [7, 11) is -5.09. The van der Waals surface area contributed by atoms with Crippen LogP contribution in [0.15, 0.2) is 9.59 Å². The molecule has 8 N–H and O–H groups in total. The molecule has 30 heavy (non-hydrogen) atoms. The average Bonchev–Trinajstić information content (AvgIpc) is 3.11. The molecular formula is C14H21FN5O9P. The highest BCUT2D eigenvalue weighted by Gasteiger charge is 2.49. The van der Waals surface area contributed by atoms with Crippen LogP contribution in [0.2, 0.25) is 0 Å². The van der Waals surface area contributed by atoms with Gasteiger partial charge >= 0.3 is 13.5 Å². The van der Waals surface area contributed by atoms with Gasteiger partial charge in [-0.15, -0.1) is 0 Å². The average molecular weight is 453 g/mol. The number of ether oxygens (including phenoxy) is 1. The van der Waals surface area contributed by atoms with Crippen molar-refractivity contribution in [2.45, 2.75) is 49.9 Å². The number of H-pyrrole nitrogens is 2. The summed E-state index contributed by atoms with van der Waals surface area (Å²) in [5.74, 6) is -0.317. The molecule has 14 nitrogen and oxygen atoms in total. The Labute approximate surface area is 166 Å². The summed E-state index contributed by atoms with van der Waals surface area (Å²) in [4.78, 5) is 50.7. The number of hydrogen-bond acceptors (Lipinski definition) is 9. The second kappa shape index (κ2) is 7.85. The number of phosphoric acid groups is 1. The number of nitrogens with one attached hydrogen (secondary N) is 2. The molecule has 1 aliphatic rings. The fourth-order valence-electron chi connectivity index (χ4n) is 3.41. The molecule has 0 aliphatic carbocycles. The lowest BCUT2D eigenvalue weighted by molar-refractivity contribution is -0.0805. The lowest BCUT2D eigenvalue weighted by Gasteiger charge is -2.32. The third kappa shape index (κ3) is 4.05. The Morgan fingerprint density at radius 3 is 2.57 bits per heavy atom. The van der Waals surface area contributed by atoms with E-state index < -0.39 is 62.3 Å². The predicted molar refractivity (Wildman–Crippen MR) is 98.1 cm³/mol. The molecule has 1 fully saturated rings. The van der Waals surface area contributed by atoms with Crippen molar-refractivity contribution in [1.82, 2.24) is 19.5 Å². The summed E-state index contributed by atoms with van der Waals surface area (Å²) in [6.07, 6.45) is -7.06. The van der Waals surface area contributed by atoms with E-state index in [0.717, 1.165) is 4.57 Å². The lowest BCUT2D eigenvalue weighted by Crippen LogP contribution is -2.41. The van der Waals surface area contributed by atoms with Crippen LogP contribution in [0.4, 0.5) is 10.3 Å². The quantitative estimate of drug-likeness (QED) is 0.232. The summed E-state index contributed by atoms with van der Waals surface area (Å²) in [5, 5.41) is 20.8. The largest absolute Gasteiger partial charge is 0.470 e. The second-order valence-electron chi connectivity index (χ2n) is 6.95. The number of rotatable bonds is 7. The summed E-state index contributed by atoms with van der Waals surface area (Å²) >= 11 is 0. The van der Waals surface area contributed by atoms with Crippen molar-refractivity contribution in [2.75, 3.05) is 12.4 Å². The molecule has 1 saturated heterocycles. The van der Waals surface area contributed by atoms with Gasteiger partial charge in [0.2, 0.25) is 5.95 Å². The minimum Gasteiger partial charge on any atom is -0.388 e. The molecule has 0 spiro atoms.